The molecule has 0 atom stereocenters. The van der Waals surface area contributed by atoms with Crippen LogP contribution in [0.3, 0.4) is 0 Å². The fraction of sp³-hybridized carbons (Fsp3) is 0.250. The Bertz CT molecular complexity index is 699. The van der Waals surface area contributed by atoms with Crippen LogP contribution in [-0.2, 0) is 12.8 Å². The number of ketones is 1. The van der Waals surface area contributed by atoms with E-state index in [1.165, 1.54) is 0 Å². The Labute approximate surface area is 140 Å². The van der Waals surface area contributed by atoms with Gasteiger partial charge in [0.25, 0.3) is 0 Å². The first-order chi connectivity index (χ1) is 10.1. The van der Waals surface area contributed by atoms with Crippen LogP contribution < -0.4 is 0 Å². The molecule has 1 aromatic heterocycles. The lowest BCUT2D eigenvalue weighted by molar-refractivity contribution is 0.103. The van der Waals surface area contributed by atoms with Gasteiger partial charge in [0.15, 0.2) is 0 Å². The summed E-state index contributed by atoms with van der Waals surface area (Å²) in [5.41, 5.74) is 2.88. The summed E-state index contributed by atoms with van der Waals surface area (Å²) in [4.78, 5) is 16.8. The summed E-state index contributed by atoms with van der Waals surface area (Å²) in [5.74, 6) is 0.0698. The number of hydrogen-bond donors (Lipinski definition) is 1. The van der Waals surface area contributed by atoms with Crippen molar-refractivity contribution in [1.29, 1.82) is 0 Å². The molecule has 1 heterocycles. The van der Waals surface area contributed by atoms with Gasteiger partial charge < -0.3 is 5.11 Å². The second-order valence-corrected chi connectivity index (χ2v) is 6.22. The van der Waals surface area contributed by atoms with E-state index in [1.807, 2.05) is 19.9 Å². The number of phenols is 1. The van der Waals surface area contributed by atoms with Gasteiger partial charge in [-0.05, 0) is 74.0 Å². The molecule has 3 nitrogen and oxygen atoms in total. The van der Waals surface area contributed by atoms with Crippen LogP contribution in [0.5, 0.6) is 5.75 Å². The zero-order valence-electron chi connectivity index (χ0n) is 11.8. The van der Waals surface area contributed by atoms with Crippen LogP contribution in [-0.4, -0.2) is 15.9 Å². The molecule has 0 bridgehead atoms. The minimum atomic E-state index is -0.0955. The fourth-order valence-electron chi connectivity index (χ4n) is 2.36. The molecule has 0 aliphatic heterocycles. The number of hydrogen-bond acceptors (Lipinski definition) is 3. The Kier molecular flexibility index (Phi) is 5.17. The smallest absolute Gasteiger partial charge is 0.213 e. The molecule has 2 aromatic rings. The molecule has 0 amide bonds. The predicted octanol–water partition coefficient (Wildman–Crippen LogP) is 4.67. The van der Waals surface area contributed by atoms with E-state index in [9.17, 15) is 9.90 Å². The maximum absolute atomic E-state index is 12.6. The van der Waals surface area contributed by atoms with Gasteiger partial charge in [-0.3, -0.25) is 9.78 Å². The number of rotatable bonds is 0. The number of carbonyl (C=O) groups excluding carboxylic acids is 1. The Morgan fingerprint density at radius 3 is 2.48 bits per heavy atom. The molecule has 0 radical (unpaired) electrons. The van der Waals surface area contributed by atoms with Crippen molar-refractivity contribution in [2.45, 2.75) is 26.7 Å². The topological polar surface area (TPSA) is 50.2 Å². The summed E-state index contributed by atoms with van der Waals surface area (Å²) in [7, 11) is 0. The molecule has 0 fully saturated rings. The van der Waals surface area contributed by atoms with Gasteiger partial charge in [0.2, 0.25) is 5.78 Å². The van der Waals surface area contributed by atoms with Crippen molar-refractivity contribution in [1.82, 2.24) is 4.98 Å². The number of aryl methyl sites for hydroxylation is 2. The number of aromatic nitrogens is 1. The van der Waals surface area contributed by atoms with Crippen LogP contribution in [0, 0.1) is 0 Å². The van der Waals surface area contributed by atoms with E-state index < -0.39 is 0 Å². The Morgan fingerprint density at radius 2 is 1.76 bits per heavy atom. The molecule has 1 aliphatic carbocycles. The average molecular weight is 413 g/mol. The van der Waals surface area contributed by atoms with Crippen molar-refractivity contribution in [3.8, 4) is 5.75 Å². The number of aromatic hydroxyl groups is 1. The molecule has 21 heavy (non-hydrogen) atoms. The van der Waals surface area contributed by atoms with Gasteiger partial charge in [-0.1, -0.05) is 13.8 Å². The zero-order chi connectivity index (χ0) is 15.6. The van der Waals surface area contributed by atoms with Gasteiger partial charge in [0.1, 0.15) is 11.4 Å². The van der Waals surface area contributed by atoms with Crippen molar-refractivity contribution in [3.05, 3.63) is 55.7 Å². The maximum Gasteiger partial charge on any atom is 0.213 e. The molecule has 1 aromatic carbocycles. The largest absolute Gasteiger partial charge is 0.508 e. The molecule has 3 rings (SSSR count). The zero-order valence-corrected chi connectivity index (χ0v) is 15.0. The highest BCUT2D eigenvalue weighted by Crippen LogP contribution is 2.32. The van der Waals surface area contributed by atoms with Crippen molar-refractivity contribution >= 4 is 37.6 Å². The minimum absolute atomic E-state index is 0.0955. The van der Waals surface area contributed by atoms with Gasteiger partial charge in [0.05, 0.1) is 0 Å². The predicted molar refractivity (Wildman–Crippen MR) is 89.9 cm³/mol. The van der Waals surface area contributed by atoms with Gasteiger partial charge >= 0.3 is 0 Å². The first kappa shape index (κ1) is 16.2. The molecule has 5 heteroatoms. The quantitative estimate of drug-likeness (QED) is 0.683. The summed E-state index contributed by atoms with van der Waals surface area (Å²) < 4.78 is 1.48. The Hall–Kier alpha value is -1.20. The highest BCUT2D eigenvalue weighted by Gasteiger charge is 2.25. The van der Waals surface area contributed by atoms with E-state index in [1.54, 1.807) is 18.3 Å². The molecule has 1 aliphatic rings. The number of halogens is 2. The molecule has 0 saturated heterocycles. The van der Waals surface area contributed by atoms with Gasteiger partial charge in [-0.2, -0.15) is 0 Å². The van der Waals surface area contributed by atoms with Gasteiger partial charge in [-0.15, -0.1) is 0 Å². The number of pyridine rings is 1. The second kappa shape index (κ2) is 6.71. The monoisotopic (exact) mass is 411 g/mol. The van der Waals surface area contributed by atoms with Crippen molar-refractivity contribution in [3.63, 3.8) is 0 Å². The van der Waals surface area contributed by atoms with Crippen LogP contribution in [0.4, 0.5) is 0 Å². The summed E-state index contributed by atoms with van der Waals surface area (Å²) in [6, 6.07) is 5.12. The van der Waals surface area contributed by atoms with E-state index in [-0.39, 0.29) is 11.5 Å². The van der Waals surface area contributed by atoms with E-state index in [2.05, 4.69) is 36.8 Å². The number of phenolic OH excluding ortho intramolecular Hbond substituents is 1. The normalized spacial score (nSPS) is 12.7. The van der Waals surface area contributed by atoms with E-state index >= 15 is 0 Å². The van der Waals surface area contributed by atoms with E-state index in [0.717, 1.165) is 22.0 Å². The number of benzene rings is 1. The van der Waals surface area contributed by atoms with Gasteiger partial charge in [-0.25, -0.2) is 0 Å². The first-order valence-electron chi connectivity index (χ1n) is 6.77. The molecular formula is C16H15Br2NO2. The Morgan fingerprint density at radius 1 is 1.10 bits per heavy atom. The molecule has 0 spiro atoms. The highest BCUT2D eigenvalue weighted by molar-refractivity contribution is 9.10. The fourth-order valence-corrected chi connectivity index (χ4v) is 3.41. The molecule has 1 N–H and O–H groups in total. The maximum atomic E-state index is 12.6. The average Bonchev–Trinajstić information content (AvgIpc) is 2.58. The summed E-state index contributed by atoms with van der Waals surface area (Å²) in [6.07, 6.45) is 3.08. The van der Waals surface area contributed by atoms with Crippen molar-refractivity contribution in [2.24, 2.45) is 0 Å². The molecule has 110 valence electrons. The summed E-state index contributed by atoms with van der Waals surface area (Å²) in [5, 5.41) is 9.64. The van der Waals surface area contributed by atoms with Gasteiger partial charge in [0, 0.05) is 20.7 Å². The van der Waals surface area contributed by atoms with Crippen molar-refractivity contribution < 1.29 is 9.90 Å². The lowest BCUT2D eigenvalue weighted by Gasteiger charge is -2.08. The second-order valence-electron chi connectivity index (χ2n) is 4.45. The van der Waals surface area contributed by atoms with Crippen LogP contribution >= 0.6 is 31.9 Å². The van der Waals surface area contributed by atoms with Crippen molar-refractivity contribution in [2.75, 3.05) is 0 Å². The molecular weight excluding hydrogens is 398 g/mol. The standard InChI is InChI=1S/C14H9Br2NO2.C2H6/c15-9-3-8-2-1-7-4-10(18)5-11(16)12(7)14(19)13(8)17-6-9;1-2/h3-6,18H,1-2H2;1-2H3. The lowest BCUT2D eigenvalue weighted by Crippen LogP contribution is -2.07. The highest BCUT2D eigenvalue weighted by atomic mass is 79.9. The summed E-state index contributed by atoms with van der Waals surface area (Å²) in [6.45, 7) is 4.00. The van der Waals surface area contributed by atoms with Crippen LogP contribution in [0.2, 0.25) is 0 Å². The molecule has 0 saturated carbocycles. The summed E-state index contributed by atoms with van der Waals surface area (Å²) >= 11 is 6.73. The van der Waals surface area contributed by atoms with Crippen LogP contribution in [0.25, 0.3) is 0 Å². The molecule has 0 unspecified atom stereocenters. The number of nitrogens with zero attached hydrogens (tertiary/aromatic N) is 1. The number of fused-ring (bicyclic) bond motifs is 2. The third-order valence-electron chi connectivity index (χ3n) is 3.20. The van der Waals surface area contributed by atoms with Crippen LogP contribution in [0.1, 0.15) is 41.0 Å². The lowest BCUT2D eigenvalue weighted by atomic mass is 10.0. The third-order valence-corrected chi connectivity index (χ3v) is 4.25. The minimum Gasteiger partial charge on any atom is -0.508 e. The van der Waals surface area contributed by atoms with E-state index in [4.69, 9.17) is 0 Å². The van der Waals surface area contributed by atoms with E-state index in [0.29, 0.717) is 22.2 Å². The Balaban J connectivity index is 0.000000774. The number of carbonyl (C=O) groups is 1. The van der Waals surface area contributed by atoms with Crippen LogP contribution in [0.15, 0.2) is 33.3 Å². The first-order valence-corrected chi connectivity index (χ1v) is 8.35. The SMILES string of the molecule is CC.O=C1c2ncc(Br)cc2CCc2cc(O)cc(Br)c21. The third kappa shape index (κ3) is 3.19.